The van der Waals surface area contributed by atoms with Crippen LogP contribution in [0.2, 0.25) is 0 Å². The van der Waals surface area contributed by atoms with Gasteiger partial charge in [-0.1, -0.05) is 43.3 Å². The Bertz CT molecular complexity index is 594. The number of alkyl halides is 1. The van der Waals surface area contributed by atoms with E-state index in [1.54, 1.807) is 0 Å². The molecule has 0 N–H and O–H groups in total. The molecule has 4 heteroatoms. The highest BCUT2D eigenvalue weighted by Crippen LogP contribution is 2.48. The molecule has 1 aromatic rings. The van der Waals surface area contributed by atoms with Crippen molar-refractivity contribution in [2.45, 2.75) is 50.3 Å². The molecule has 0 saturated heterocycles. The fourth-order valence-corrected chi connectivity index (χ4v) is 4.37. The molecule has 1 fully saturated rings. The molecule has 1 aliphatic carbocycles. The summed E-state index contributed by atoms with van der Waals surface area (Å²) in [6, 6.07) is 7.90. The Hall–Kier alpha value is -1.61. The number of carbonyl (C=O) groups excluding carboxylic acids is 2. The van der Waals surface area contributed by atoms with E-state index in [0.29, 0.717) is 29.7 Å². The third-order valence-electron chi connectivity index (χ3n) is 5.15. The smallest absolute Gasteiger partial charge is 0.305 e. The van der Waals surface area contributed by atoms with Crippen LogP contribution in [0.4, 0.5) is 0 Å². The van der Waals surface area contributed by atoms with Crippen molar-refractivity contribution in [3.8, 4) is 0 Å². The fourth-order valence-electron chi connectivity index (χ4n) is 3.83. The van der Waals surface area contributed by atoms with E-state index in [1.807, 2.05) is 12.1 Å². The number of halogens is 1. The zero-order valence-corrected chi connectivity index (χ0v) is 15.7. The Morgan fingerprint density at radius 1 is 1.28 bits per heavy atom. The molecule has 1 aliphatic rings. The van der Waals surface area contributed by atoms with Crippen molar-refractivity contribution >= 4 is 23.9 Å². The molecule has 1 saturated carbocycles. The fraction of sp³-hybridized carbons (Fsp3) is 0.524. The van der Waals surface area contributed by atoms with Gasteiger partial charge in [-0.15, -0.1) is 11.6 Å². The van der Waals surface area contributed by atoms with E-state index in [9.17, 15) is 9.59 Å². The maximum Gasteiger partial charge on any atom is 0.305 e. The molecule has 25 heavy (non-hydrogen) atoms. The van der Waals surface area contributed by atoms with Crippen molar-refractivity contribution in [2.75, 3.05) is 7.11 Å². The third-order valence-corrected chi connectivity index (χ3v) is 5.65. The maximum atomic E-state index is 11.1. The van der Waals surface area contributed by atoms with Gasteiger partial charge in [0.15, 0.2) is 0 Å². The highest BCUT2D eigenvalue weighted by Gasteiger charge is 2.40. The van der Waals surface area contributed by atoms with Gasteiger partial charge < -0.3 is 4.74 Å². The molecule has 1 aromatic carbocycles. The largest absolute Gasteiger partial charge is 0.469 e. The van der Waals surface area contributed by atoms with Crippen LogP contribution in [-0.4, -0.2) is 24.7 Å². The van der Waals surface area contributed by atoms with Crippen LogP contribution in [0.5, 0.6) is 0 Å². The van der Waals surface area contributed by atoms with Gasteiger partial charge in [-0.25, -0.2) is 0 Å². The lowest BCUT2D eigenvalue weighted by Gasteiger charge is -2.23. The van der Waals surface area contributed by atoms with E-state index in [0.717, 1.165) is 32.0 Å². The second-order valence-corrected chi connectivity index (χ2v) is 7.44. The van der Waals surface area contributed by atoms with Crippen LogP contribution in [0.3, 0.4) is 0 Å². The quantitative estimate of drug-likeness (QED) is 0.211. The third kappa shape index (κ3) is 5.43. The minimum atomic E-state index is -0.155. The van der Waals surface area contributed by atoms with Crippen molar-refractivity contribution < 1.29 is 14.3 Å². The molecule has 0 unspecified atom stereocenters. The number of aldehydes is 1. The summed E-state index contributed by atoms with van der Waals surface area (Å²) >= 11 is 6.63. The second-order valence-electron chi connectivity index (χ2n) is 6.88. The molecule has 3 nitrogen and oxygen atoms in total. The van der Waals surface area contributed by atoms with Crippen LogP contribution in [0.25, 0.3) is 0 Å². The monoisotopic (exact) mass is 362 g/mol. The minimum Gasteiger partial charge on any atom is -0.469 e. The molecule has 0 heterocycles. The van der Waals surface area contributed by atoms with Crippen molar-refractivity contribution in [1.29, 1.82) is 0 Å². The van der Waals surface area contributed by atoms with Gasteiger partial charge in [0.05, 0.1) is 7.11 Å². The number of hydrogen-bond acceptors (Lipinski definition) is 3. The first-order valence-corrected chi connectivity index (χ1v) is 9.41. The Morgan fingerprint density at radius 2 is 2.00 bits per heavy atom. The van der Waals surface area contributed by atoms with Gasteiger partial charge in [0, 0.05) is 17.4 Å². The zero-order chi connectivity index (χ0) is 18.2. The summed E-state index contributed by atoms with van der Waals surface area (Å²) in [5, 5.41) is 0.172. The predicted octanol–water partition coefficient (Wildman–Crippen LogP) is 5.14. The predicted molar refractivity (Wildman–Crippen MR) is 101 cm³/mol. The van der Waals surface area contributed by atoms with Gasteiger partial charge in [0.1, 0.15) is 6.29 Å². The highest BCUT2D eigenvalue weighted by molar-refractivity contribution is 6.21. The summed E-state index contributed by atoms with van der Waals surface area (Å²) in [4.78, 5) is 21.9. The number of carbonyl (C=O) groups is 2. The normalized spacial score (nSPS) is 26.0. The van der Waals surface area contributed by atoms with E-state index in [4.69, 9.17) is 11.6 Å². The highest BCUT2D eigenvalue weighted by atomic mass is 35.5. The van der Waals surface area contributed by atoms with Gasteiger partial charge in [-0.05, 0) is 49.0 Å². The molecule has 4 atom stereocenters. The van der Waals surface area contributed by atoms with Crippen LogP contribution in [0.15, 0.2) is 36.4 Å². The van der Waals surface area contributed by atoms with Gasteiger partial charge >= 0.3 is 5.97 Å². The van der Waals surface area contributed by atoms with Crippen LogP contribution >= 0.6 is 11.6 Å². The van der Waals surface area contributed by atoms with E-state index < -0.39 is 0 Å². The first-order valence-electron chi connectivity index (χ1n) is 8.97. The summed E-state index contributed by atoms with van der Waals surface area (Å²) in [7, 11) is 1.42. The van der Waals surface area contributed by atoms with Crippen LogP contribution in [-0.2, 0) is 9.53 Å². The van der Waals surface area contributed by atoms with Gasteiger partial charge in [-0.3, -0.25) is 9.59 Å². The van der Waals surface area contributed by atoms with Crippen LogP contribution < -0.4 is 0 Å². The molecular weight excluding hydrogens is 336 g/mol. The number of benzene rings is 1. The lowest BCUT2D eigenvalue weighted by molar-refractivity contribution is -0.140. The Labute approximate surface area is 155 Å². The minimum absolute atomic E-state index is 0.155. The topological polar surface area (TPSA) is 43.4 Å². The Morgan fingerprint density at radius 3 is 2.64 bits per heavy atom. The average molecular weight is 363 g/mol. The molecule has 0 aromatic heterocycles. The van der Waals surface area contributed by atoms with E-state index in [2.05, 4.69) is 35.9 Å². The molecule has 0 bridgehead atoms. The number of unbranched alkanes of at least 4 members (excludes halogenated alkanes) is 1. The molecule has 2 rings (SSSR count). The number of methoxy groups -OCH3 is 1. The first-order chi connectivity index (χ1) is 12.1. The summed E-state index contributed by atoms with van der Waals surface area (Å²) in [5.74, 6) is 1.19. The van der Waals surface area contributed by atoms with Gasteiger partial charge in [0.2, 0.25) is 0 Å². The summed E-state index contributed by atoms with van der Waals surface area (Å²) in [6.45, 7) is 2.26. The zero-order valence-electron chi connectivity index (χ0n) is 15.0. The lowest BCUT2D eigenvalue weighted by Crippen LogP contribution is -2.15. The number of esters is 1. The van der Waals surface area contributed by atoms with Crippen LogP contribution in [0.1, 0.15) is 60.9 Å². The molecule has 0 amide bonds. The van der Waals surface area contributed by atoms with Crippen molar-refractivity contribution in [1.82, 2.24) is 0 Å². The SMILES string of the molecule is COC(=O)CCC/C=C\C[C@@H]1[C@@H](c2ccc(C=O)cc2)[C@H](C)C[C@H]1Cl. The number of ether oxygens (including phenoxy) is 1. The standard InChI is InChI=1S/C21H27ClO3/c1-15-13-19(22)18(7-5-3-4-6-8-20(24)25-2)21(15)17-11-9-16(14-23)10-12-17/h3,5,9-12,14-15,18-19,21H,4,6-8,13H2,1-2H3/b5-3-/t15-,18+,19-,21-/m1/s1. The van der Waals surface area contributed by atoms with E-state index in [-0.39, 0.29) is 11.3 Å². The molecule has 0 spiro atoms. The summed E-state index contributed by atoms with van der Waals surface area (Å²) in [5.41, 5.74) is 1.98. The molecule has 136 valence electrons. The maximum absolute atomic E-state index is 11.1. The molecular formula is C21H27ClO3. The Kier molecular flexibility index (Phi) is 7.70. The van der Waals surface area contributed by atoms with Gasteiger partial charge in [0.25, 0.3) is 0 Å². The van der Waals surface area contributed by atoms with Gasteiger partial charge in [-0.2, -0.15) is 0 Å². The molecule has 0 radical (unpaired) electrons. The average Bonchev–Trinajstić information content (AvgIpc) is 2.91. The first kappa shape index (κ1) is 19.7. The second kappa shape index (κ2) is 9.76. The van der Waals surface area contributed by atoms with Crippen LogP contribution in [0, 0.1) is 11.8 Å². The number of rotatable bonds is 8. The Balaban J connectivity index is 1.94. The van der Waals surface area contributed by atoms with Crippen molar-refractivity contribution in [3.63, 3.8) is 0 Å². The lowest BCUT2D eigenvalue weighted by atomic mass is 9.82. The van der Waals surface area contributed by atoms with E-state index in [1.165, 1.54) is 12.7 Å². The van der Waals surface area contributed by atoms with Crippen molar-refractivity contribution in [3.05, 3.63) is 47.5 Å². The molecule has 0 aliphatic heterocycles. The summed E-state index contributed by atoms with van der Waals surface area (Å²) < 4.78 is 4.64. The summed E-state index contributed by atoms with van der Waals surface area (Å²) in [6.07, 6.45) is 9.32. The van der Waals surface area contributed by atoms with Crippen molar-refractivity contribution in [2.24, 2.45) is 11.8 Å². The number of hydrogen-bond donors (Lipinski definition) is 0. The van der Waals surface area contributed by atoms with E-state index >= 15 is 0 Å². The number of allylic oxidation sites excluding steroid dienone is 2.